The molecule has 0 unspecified atom stereocenters. The highest BCUT2D eigenvalue weighted by Gasteiger charge is 2.11. The zero-order valence-electron chi connectivity index (χ0n) is 11.4. The summed E-state index contributed by atoms with van der Waals surface area (Å²) in [6.45, 7) is 4.02. The SMILES string of the molecule is CCOc1cc(CBr)cc(Br)c1OCCCCOC. The molecular formula is C14H20Br2O3. The molecule has 0 aliphatic carbocycles. The van der Waals surface area contributed by atoms with Gasteiger partial charge in [0.05, 0.1) is 17.7 Å². The van der Waals surface area contributed by atoms with Crippen molar-refractivity contribution >= 4 is 31.9 Å². The van der Waals surface area contributed by atoms with Crippen molar-refractivity contribution < 1.29 is 14.2 Å². The zero-order chi connectivity index (χ0) is 14.1. The first-order valence-corrected chi connectivity index (χ1v) is 8.27. The Kier molecular flexibility index (Phi) is 8.50. The lowest BCUT2D eigenvalue weighted by atomic mass is 10.2. The van der Waals surface area contributed by atoms with Crippen molar-refractivity contribution in [1.82, 2.24) is 0 Å². The number of unbranched alkanes of at least 4 members (excludes halogenated alkanes) is 1. The lowest BCUT2D eigenvalue weighted by Gasteiger charge is -2.15. The average molecular weight is 396 g/mol. The third kappa shape index (κ3) is 5.71. The number of halogens is 2. The highest BCUT2D eigenvalue weighted by molar-refractivity contribution is 9.10. The number of hydrogen-bond acceptors (Lipinski definition) is 3. The molecule has 0 heterocycles. The van der Waals surface area contributed by atoms with Crippen LogP contribution in [0, 0.1) is 0 Å². The van der Waals surface area contributed by atoms with Gasteiger partial charge in [0.2, 0.25) is 0 Å². The monoisotopic (exact) mass is 394 g/mol. The Labute approximate surface area is 131 Å². The summed E-state index contributed by atoms with van der Waals surface area (Å²) in [6.07, 6.45) is 1.96. The molecule has 0 saturated heterocycles. The number of alkyl halides is 1. The molecule has 0 atom stereocenters. The Bertz CT molecular complexity index is 383. The van der Waals surface area contributed by atoms with Gasteiger partial charge < -0.3 is 14.2 Å². The quantitative estimate of drug-likeness (QED) is 0.453. The molecule has 3 nitrogen and oxygen atoms in total. The zero-order valence-corrected chi connectivity index (χ0v) is 14.6. The minimum absolute atomic E-state index is 0.623. The van der Waals surface area contributed by atoms with E-state index in [2.05, 4.69) is 31.9 Å². The second kappa shape index (κ2) is 9.61. The summed E-state index contributed by atoms with van der Waals surface area (Å²) in [5, 5.41) is 0.791. The number of rotatable bonds is 9. The lowest BCUT2D eigenvalue weighted by molar-refractivity contribution is 0.183. The Balaban J connectivity index is 2.68. The fraction of sp³-hybridized carbons (Fsp3) is 0.571. The van der Waals surface area contributed by atoms with Crippen LogP contribution in [0.4, 0.5) is 0 Å². The summed E-state index contributed by atoms with van der Waals surface area (Å²) in [5.41, 5.74) is 1.15. The molecule has 1 rings (SSSR count). The minimum atomic E-state index is 0.623. The van der Waals surface area contributed by atoms with Crippen LogP contribution in [0.25, 0.3) is 0 Å². The van der Waals surface area contributed by atoms with Crippen molar-refractivity contribution in [3.63, 3.8) is 0 Å². The van der Waals surface area contributed by atoms with Gasteiger partial charge in [0.25, 0.3) is 0 Å². The average Bonchev–Trinajstić information content (AvgIpc) is 2.41. The van der Waals surface area contributed by atoms with E-state index in [1.807, 2.05) is 19.1 Å². The Hall–Kier alpha value is -0.260. The second-order valence-electron chi connectivity index (χ2n) is 4.02. The van der Waals surface area contributed by atoms with Gasteiger partial charge >= 0.3 is 0 Å². The van der Waals surface area contributed by atoms with Gasteiger partial charge in [0, 0.05) is 19.0 Å². The third-order valence-corrected chi connectivity index (χ3v) is 3.75. The normalized spacial score (nSPS) is 10.5. The number of benzene rings is 1. The van der Waals surface area contributed by atoms with Gasteiger partial charge in [-0.05, 0) is 53.4 Å². The van der Waals surface area contributed by atoms with E-state index in [0.29, 0.717) is 13.2 Å². The van der Waals surface area contributed by atoms with E-state index in [4.69, 9.17) is 14.2 Å². The molecule has 0 radical (unpaired) electrons. The summed E-state index contributed by atoms with van der Waals surface area (Å²) < 4.78 is 17.4. The van der Waals surface area contributed by atoms with Crippen LogP contribution >= 0.6 is 31.9 Å². The first-order valence-electron chi connectivity index (χ1n) is 6.35. The van der Waals surface area contributed by atoms with E-state index in [0.717, 1.165) is 46.3 Å². The maximum absolute atomic E-state index is 5.82. The number of methoxy groups -OCH3 is 1. The maximum Gasteiger partial charge on any atom is 0.175 e. The van der Waals surface area contributed by atoms with E-state index < -0.39 is 0 Å². The standard InChI is InChI=1S/C14H20Br2O3/c1-3-18-13-9-11(10-15)8-12(16)14(13)19-7-5-4-6-17-2/h8-9H,3-7,10H2,1-2H3. The van der Waals surface area contributed by atoms with Gasteiger partial charge in [-0.15, -0.1) is 0 Å². The molecule has 0 fully saturated rings. The van der Waals surface area contributed by atoms with Crippen LogP contribution in [0.3, 0.4) is 0 Å². The molecule has 0 aromatic heterocycles. The van der Waals surface area contributed by atoms with Crippen LogP contribution in [0.5, 0.6) is 11.5 Å². The third-order valence-electron chi connectivity index (χ3n) is 2.51. The molecule has 0 N–H and O–H groups in total. The highest BCUT2D eigenvalue weighted by Crippen LogP contribution is 2.37. The fourth-order valence-corrected chi connectivity index (χ4v) is 2.55. The first-order chi connectivity index (χ1) is 9.22. The van der Waals surface area contributed by atoms with Crippen LogP contribution in [0.2, 0.25) is 0 Å². The van der Waals surface area contributed by atoms with Gasteiger partial charge in [-0.2, -0.15) is 0 Å². The van der Waals surface area contributed by atoms with E-state index >= 15 is 0 Å². The predicted octanol–water partition coefficient (Wildman–Crippen LogP) is 4.55. The van der Waals surface area contributed by atoms with Crippen LogP contribution in [0.1, 0.15) is 25.3 Å². The van der Waals surface area contributed by atoms with E-state index in [1.54, 1.807) is 7.11 Å². The molecule has 0 aliphatic rings. The molecule has 0 saturated carbocycles. The van der Waals surface area contributed by atoms with Crippen LogP contribution < -0.4 is 9.47 Å². The summed E-state index contributed by atoms with van der Waals surface area (Å²) in [5.74, 6) is 1.57. The van der Waals surface area contributed by atoms with Gasteiger partial charge in [-0.1, -0.05) is 15.9 Å². The molecule has 0 bridgehead atoms. The van der Waals surface area contributed by atoms with E-state index in [9.17, 15) is 0 Å². The van der Waals surface area contributed by atoms with Crippen molar-refractivity contribution in [3.8, 4) is 11.5 Å². The Morgan fingerprint density at radius 2 is 1.84 bits per heavy atom. The second-order valence-corrected chi connectivity index (χ2v) is 5.43. The summed E-state index contributed by atoms with van der Waals surface area (Å²) in [4.78, 5) is 0. The maximum atomic E-state index is 5.82. The molecule has 0 spiro atoms. The smallest absolute Gasteiger partial charge is 0.175 e. The van der Waals surface area contributed by atoms with Gasteiger partial charge in [-0.3, -0.25) is 0 Å². The van der Waals surface area contributed by atoms with Crippen molar-refractivity contribution in [2.75, 3.05) is 26.9 Å². The molecule has 108 valence electrons. The summed E-state index contributed by atoms with van der Waals surface area (Å²) in [7, 11) is 1.71. The molecule has 19 heavy (non-hydrogen) atoms. The molecule has 1 aromatic carbocycles. The predicted molar refractivity (Wildman–Crippen MR) is 84.5 cm³/mol. The van der Waals surface area contributed by atoms with Crippen LogP contribution in [-0.4, -0.2) is 26.9 Å². The van der Waals surface area contributed by atoms with E-state index in [1.165, 1.54) is 0 Å². The van der Waals surface area contributed by atoms with Crippen molar-refractivity contribution in [2.45, 2.75) is 25.1 Å². The van der Waals surface area contributed by atoms with Crippen molar-refractivity contribution in [1.29, 1.82) is 0 Å². The van der Waals surface area contributed by atoms with Crippen molar-refractivity contribution in [3.05, 3.63) is 22.2 Å². The minimum Gasteiger partial charge on any atom is -0.490 e. The molecule has 5 heteroatoms. The largest absolute Gasteiger partial charge is 0.490 e. The summed E-state index contributed by atoms with van der Waals surface area (Å²) >= 11 is 6.99. The van der Waals surface area contributed by atoms with Crippen LogP contribution in [-0.2, 0) is 10.1 Å². The van der Waals surface area contributed by atoms with Crippen LogP contribution in [0.15, 0.2) is 16.6 Å². The molecule has 1 aromatic rings. The Morgan fingerprint density at radius 1 is 1.11 bits per heavy atom. The fourth-order valence-electron chi connectivity index (χ4n) is 1.62. The summed E-state index contributed by atoms with van der Waals surface area (Å²) in [6, 6.07) is 4.05. The van der Waals surface area contributed by atoms with Gasteiger partial charge in [-0.25, -0.2) is 0 Å². The molecule has 0 aliphatic heterocycles. The number of hydrogen-bond donors (Lipinski definition) is 0. The molecular weight excluding hydrogens is 376 g/mol. The van der Waals surface area contributed by atoms with Crippen molar-refractivity contribution in [2.24, 2.45) is 0 Å². The first kappa shape index (κ1) is 16.8. The molecule has 0 amide bonds. The van der Waals surface area contributed by atoms with Gasteiger partial charge in [0.15, 0.2) is 11.5 Å². The van der Waals surface area contributed by atoms with E-state index in [-0.39, 0.29) is 0 Å². The highest BCUT2D eigenvalue weighted by atomic mass is 79.9. The Morgan fingerprint density at radius 3 is 2.47 bits per heavy atom. The lowest BCUT2D eigenvalue weighted by Crippen LogP contribution is -2.03. The topological polar surface area (TPSA) is 27.7 Å². The van der Waals surface area contributed by atoms with Gasteiger partial charge in [0.1, 0.15) is 0 Å². The number of ether oxygens (including phenoxy) is 3.